The molecule has 0 aliphatic heterocycles. The van der Waals surface area contributed by atoms with E-state index in [1.165, 1.54) is 38.5 Å². The molecule has 0 spiro atoms. The standard InChI is InChI=1S/C89H150O17P2/c1-5-9-13-17-21-25-29-33-37-40-41-44-47-50-54-58-62-66-70-74-87(92)100-79-84(105-88(93)75-71-67-63-59-55-51-45-36-32-28-24-20-16-12-8-4)81-103-107(95,96)101-77-83(90)78-102-108(97,98)104-82-85(106-89(94)76-72-68-64-60-56-52-48-43-39-35-31-27-23-19-15-11-7-3)80-99-86(91)73-69-65-61-57-53-49-46-42-38-34-30-26-22-18-14-10-6-2/h10-11,14-15,21-28,33-39,41,44-46,49,83-85,90H,5-9,12-13,16-20,29-32,40,42-43,47-48,50-82H2,1-4H3,(H,95,96)(H,97,98)/b14-10-,15-11-,25-21-,26-22-,27-23-,28-24-,37-33-,38-34-,39-35-,44-41-,45-36-,49-46-. The maximum absolute atomic E-state index is 13.1. The molecule has 0 aromatic rings. The third-order valence-electron chi connectivity index (χ3n) is 17.3. The Morgan fingerprint density at radius 1 is 0.269 bits per heavy atom. The summed E-state index contributed by atoms with van der Waals surface area (Å²) >= 11 is 0. The minimum Gasteiger partial charge on any atom is -0.462 e. The molecule has 0 amide bonds. The lowest BCUT2D eigenvalue weighted by molar-refractivity contribution is -0.161. The fourth-order valence-electron chi connectivity index (χ4n) is 10.9. The van der Waals surface area contributed by atoms with E-state index in [1.54, 1.807) is 0 Å². The lowest BCUT2D eigenvalue weighted by atomic mass is 10.1. The SMILES string of the molecule is CC/C=C\C/C=C\C/C=C\C/C=C\CCCCCCC(=O)OCC(COP(=O)(O)OCC(O)COP(=O)(O)OCC(COC(=O)CCCCCCCC/C=C\C/C=C\C/C=C\CCCCC)OC(=O)CCCCCCC/C=C\C/C=C\CCCCC)OC(=O)CCCCCCCCC/C=C\C/C=C\C/C=C\CC. The minimum absolute atomic E-state index is 0.0723. The van der Waals surface area contributed by atoms with Crippen LogP contribution in [0.5, 0.6) is 0 Å². The molecule has 0 bridgehead atoms. The van der Waals surface area contributed by atoms with Crippen LogP contribution in [0, 0.1) is 0 Å². The first kappa shape index (κ1) is 103. The number of carbonyl (C=O) groups is 4. The van der Waals surface area contributed by atoms with E-state index in [0.717, 1.165) is 218 Å². The van der Waals surface area contributed by atoms with Crippen LogP contribution in [-0.2, 0) is 65.4 Å². The topological polar surface area (TPSA) is 237 Å². The number of rotatable bonds is 78. The minimum atomic E-state index is -5.00. The number of phosphoric acid groups is 2. The molecule has 5 unspecified atom stereocenters. The number of aliphatic hydroxyl groups excluding tert-OH is 1. The first-order valence-electron chi connectivity index (χ1n) is 42.1. The van der Waals surface area contributed by atoms with E-state index in [0.29, 0.717) is 25.7 Å². The molecule has 0 saturated carbocycles. The van der Waals surface area contributed by atoms with Gasteiger partial charge in [-0.15, -0.1) is 0 Å². The molecular weight excluding hydrogens is 1400 g/mol. The second-order valence-electron chi connectivity index (χ2n) is 27.6. The van der Waals surface area contributed by atoms with E-state index in [4.69, 9.17) is 37.0 Å². The first-order valence-corrected chi connectivity index (χ1v) is 45.1. The van der Waals surface area contributed by atoms with E-state index in [1.807, 2.05) is 0 Å². The molecule has 0 aromatic heterocycles. The van der Waals surface area contributed by atoms with Crippen LogP contribution in [0.1, 0.15) is 336 Å². The van der Waals surface area contributed by atoms with Crippen molar-refractivity contribution >= 4 is 39.5 Å². The third-order valence-corrected chi connectivity index (χ3v) is 19.2. The Balaban J connectivity index is 5.42. The van der Waals surface area contributed by atoms with Gasteiger partial charge in [0.15, 0.2) is 12.2 Å². The van der Waals surface area contributed by atoms with Gasteiger partial charge in [-0.3, -0.25) is 37.3 Å². The van der Waals surface area contributed by atoms with E-state index in [-0.39, 0.29) is 25.7 Å². The molecule has 5 atom stereocenters. The summed E-state index contributed by atoms with van der Waals surface area (Å²) in [7, 11) is -9.99. The normalized spacial score (nSPS) is 14.5. The monoisotopic (exact) mass is 1550 g/mol. The largest absolute Gasteiger partial charge is 0.472 e. The molecule has 0 aliphatic rings. The summed E-state index contributed by atoms with van der Waals surface area (Å²) in [5.74, 6) is -2.24. The van der Waals surface area contributed by atoms with Crippen LogP contribution in [0.15, 0.2) is 146 Å². The van der Waals surface area contributed by atoms with Crippen LogP contribution in [0.2, 0.25) is 0 Å². The maximum Gasteiger partial charge on any atom is 0.472 e. The molecule has 19 heteroatoms. The number of allylic oxidation sites excluding steroid dienone is 24. The molecule has 0 fully saturated rings. The van der Waals surface area contributed by atoms with E-state index < -0.39 is 97.5 Å². The molecular formula is C89H150O17P2. The number of unbranched alkanes of at least 4 members (excludes halogenated alkanes) is 28. The van der Waals surface area contributed by atoms with Crippen molar-refractivity contribution in [2.24, 2.45) is 0 Å². The van der Waals surface area contributed by atoms with Crippen LogP contribution in [0.25, 0.3) is 0 Å². The molecule has 0 radical (unpaired) electrons. The Bertz CT molecular complexity index is 2610. The van der Waals surface area contributed by atoms with Gasteiger partial charge in [-0.25, -0.2) is 9.13 Å². The fraction of sp³-hybridized carbons (Fsp3) is 0.685. The Kier molecular flexibility index (Phi) is 76.3. The van der Waals surface area contributed by atoms with Crippen molar-refractivity contribution in [3.05, 3.63) is 146 Å². The number of ether oxygens (including phenoxy) is 4. The van der Waals surface area contributed by atoms with Crippen molar-refractivity contribution in [1.29, 1.82) is 0 Å². The van der Waals surface area contributed by atoms with Crippen LogP contribution in [-0.4, -0.2) is 96.7 Å². The summed E-state index contributed by atoms with van der Waals surface area (Å²) in [5, 5.41) is 10.7. The van der Waals surface area contributed by atoms with Crippen molar-refractivity contribution in [3.8, 4) is 0 Å². The Morgan fingerprint density at radius 2 is 0.481 bits per heavy atom. The van der Waals surface area contributed by atoms with Crippen molar-refractivity contribution in [1.82, 2.24) is 0 Å². The summed E-state index contributed by atoms with van der Waals surface area (Å²) in [6.07, 6.45) is 92.3. The van der Waals surface area contributed by atoms with Gasteiger partial charge >= 0.3 is 39.5 Å². The van der Waals surface area contributed by atoms with Crippen molar-refractivity contribution in [2.75, 3.05) is 39.6 Å². The predicted octanol–water partition coefficient (Wildman–Crippen LogP) is 25.0. The molecule has 0 rings (SSSR count). The van der Waals surface area contributed by atoms with Crippen molar-refractivity contribution in [3.63, 3.8) is 0 Å². The third kappa shape index (κ3) is 79.0. The molecule has 0 saturated heterocycles. The average Bonchev–Trinajstić information content (AvgIpc) is 0.901. The van der Waals surface area contributed by atoms with Gasteiger partial charge in [-0.1, -0.05) is 289 Å². The van der Waals surface area contributed by atoms with E-state index in [2.05, 4.69) is 174 Å². The summed E-state index contributed by atoms with van der Waals surface area (Å²) in [5.41, 5.74) is 0. The number of esters is 4. The lowest BCUT2D eigenvalue weighted by Crippen LogP contribution is -2.30. The Morgan fingerprint density at radius 3 is 0.741 bits per heavy atom. The molecule has 17 nitrogen and oxygen atoms in total. The quantitative estimate of drug-likeness (QED) is 0.0169. The Labute approximate surface area is 656 Å². The number of hydrogen-bond donors (Lipinski definition) is 3. The highest BCUT2D eigenvalue weighted by Gasteiger charge is 2.30. The second-order valence-corrected chi connectivity index (χ2v) is 30.6. The smallest absolute Gasteiger partial charge is 0.462 e. The molecule has 108 heavy (non-hydrogen) atoms. The van der Waals surface area contributed by atoms with Gasteiger partial charge in [0.25, 0.3) is 0 Å². The molecule has 0 aromatic carbocycles. The summed E-state index contributed by atoms with van der Waals surface area (Å²) in [4.78, 5) is 73.2. The van der Waals surface area contributed by atoms with E-state index >= 15 is 0 Å². The highest BCUT2D eigenvalue weighted by atomic mass is 31.2. The number of aliphatic hydroxyl groups is 1. The molecule has 0 heterocycles. The molecule has 3 N–H and O–H groups in total. The predicted molar refractivity (Wildman–Crippen MR) is 445 cm³/mol. The van der Waals surface area contributed by atoms with Gasteiger partial charge in [-0.05, 0) is 167 Å². The first-order chi connectivity index (χ1) is 52.7. The second kappa shape index (κ2) is 80.0. The van der Waals surface area contributed by atoms with Crippen molar-refractivity contribution in [2.45, 2.75) is 354 Å². The van der Waals surface area contributed by atoms with Gasteiger partial charge in [0.05, 0.1) is 26.4 Å². The van der Waals surface area contributed by atoms with Crippen LogP contribution in [0.4, 0.5) is 0 Å². The van der Waals surface area contributed by atoms with E-state index in [9.17, 15) is 43.2 Å². The van der Waals surface area contributed by atoms with Crippen LogP contribution in [0.3, 0.4) is 0 Å². The number of hydrogen-bond acceptors (Lipinski definition) is 15. The zero-order chi connectivity index (χ0) is 78.9. The van der Waals surface area contributed by atoms with Gasteiger partial charge in [0, 0.05) is 25.7 Å². The fourth-order valence-corrected chi connectivity index (χ4v) is 12.5. The number of carbonyl (C=O) groups excluding carboxylic acids is 4. The summed E-state index contributed by atoms with van der Waals surface area (Å²) in [6.45, 7) is 4.56. The Hall–Kier alpha value is -5.06. The highest BCUT2D eigenvalue weighted by molar-refractivity contribution is 7.47. The summed E-state index contributed by atoms with van der Waals surface area (Å²) in [6, 6.07) is 0. The van der Waals surface area contributed by atoms with Crippen molar-refractivity contribution < 1.29 is 80.2 Å². The molecule has 618 valence electrons. The molecule has 0 aliphatic carbocycles. The number of phosphoric ester groups is 2. The van der Waals surface area contributed by atoms with Gasteiger partial charge in [-0.2, -0.15) is 0 Å². The van der Waals surface area contributed by atoms with Gasteiger partial charge in [0.2, 0.25) is 0 Å². The lowest BCUT2D eigenvalue weighted by Gasteiger charge is -2.21. The van der Waals surface area contributed by atoms with Crippen LogP contribution < -0.4 is 0 Å². The summed E-state index contributed by atoms with van der Waals surface area (Å²) < 4.78 is 68.8. The van der Waals surface area contributed by atoms with Gasteiger partial charge < -0.3 is 33.8 Å². The zero-order valence-corrected chi connectivity index (χ0v) is 69.5. The highest BCUT2D eigenvalue weighted by Crippen LogP contribution is 2.45. The zero-order valence-electron chi connectivity index (χ0n) is 67.7. The van der Waals surface area contributed by atoms with Gasteiger partial charge in [0.1, 0.15) is 19.3 Å². The average molecular weight is 1550 g/mol. The van der Waals surface area contributed by atoms with Crippen LogP contribution >= 0.6 is 15.6 Å². The maximum atomic E-state index is 13.1.